The predicted molar refractivity (Wildman–Crippen MR) is 150 cm³/mol. The lowest BCUT2D eigenvalue weighted by Crippen LogP contribution is -2.59. The monoisotopic (exact) mass is 592 g/mol. The van der Waals surface area contributed by atoms with Gasteiger partial charge < -0.3 is 19.3 Å². The molecular formula is C30H35F3N2O5S. The van der Waals surface area contributed by atoms with Gasteiger partial charge in [0.15, 0.2) is 0 Å². The number of carbonyl (C=O) groups is 3. The molecule has 1 saturated heterocycles. The Morgan fingerprint density at radius 3 is 2.32 bits per heavy atom. The van der Waals surface area contributed by atoms with E-state index in [1.807, 2.05) is 26.0 Å². The number of carbonyl (C=O) groups excluding carboxylic acids is 3. The highest BCUT2D eigenvalue weighted by Crippen LogP contribution is 2.42. The number of benzene rings is 2. The summed E-state index contributed by atoms with van der Waals surface area (Å²) in [7, 11) is 1.17. The number of halogens is 3. The molecule has 0 N–H and O–H groups in total. The van der Waals surface area contributed by atoms with Crippen molar-refractivity contribution >= 4 is 35.8 Å². The smallest absolute Gasteiger partial charge is 0.417 e. The van der Waals surface area contributed by atoms with E-state index in [1.165, 1.54) is 35.1 Å². The molecule has 0 bridgehead atoms. The maximum Gasteiger partial charge on any atom is 0.417 e. The number of rotatable bonds is 6. The van der Waals surface area contributed by atoms with E-state index in [2.05, 4.69) is 0 Å². The Morgan fingerprint density at radius 1 is 1.02 bits per heavy atom. The molecule has 3 rings (SSSR count). The molecule has 0 radical (unpaired) electrons. The van der Waals surface area contributed by atoms with Gasteiger partial charge in [-0.05, 0) is 62.1 Å². The van der Waals surface area contributed by atoms with Gasteiger partial charge in [0.2, 0.25) is 5.91 Å². The first-order valence-corrected chi connectivity index (χ1v) is 13.9. The van der Waals surface area contributed by atoms with Crippen molar-refractivity contribution in [1.29, 1.82) is 0 Å². The summed E-state index contributed by atoms with van der Waals surface area (Å²) in [4.78, 5) is 41.4. The van der Waals surface area contributed by atoms with Gasteiger partial charge in [0.1, 0.15) is 11.6 Å². The lowest BCUT2D eigenvalue weighted by atomic mass is 10.0. The third-order valence-electron chi connectivity index (χ3n) is 6.28. The summed E-state index contributed by atoms with van der Waals surface area (Å²) in [5.41, 5.74) is -0.426. The van der Waals surface area contributed by atoms with Crippen LogP contribution in [0.1, 0.15) is 57.2 Å². The van der Waals surface area contributed by atoms with E-state index in [-0.39, 0.29) is 36.0 Å². The Balaban J connectivity index is 1.82. The topological polar surface area (TPSA) is 76.2 Å². The molecule has 222 valence electrons. The number of nitrogens with zero attached hydrogens (tertiary/aromatic N) is 2. The zero-order valence-corrected chi connectivity index (χ0v) is 24.8. The first kappa shape index (κ1) is 32.0. The number of piperazine rings is 1. The van der Waals surface area contributed by atoms with Crippen LogP contribution in [0.4, 0.5) is 18.0 Å². The third kappa shape index (κ3) is 8.51. The fourth-order valence-corrected chi connectivity index (χ4v) is 5.50. The molecule has 1 fully saturated rings. The molecule has 2 aromatic rings. The molecule has 0 aromatic heterocycles. The molecule has 1 aliphatic rings. The second kappa shape index (κ2) is 13.0. The number of esters is 1. The number of alkyl halides is 3. The van der Waals surface area contributed by atoms with E-state index >= 15 is 0 Å². The van der Waals surface area contributed by atoms with E-state index in [9.17, 15) is 27.6 Å². The van der Waals surface area contributed by atoms with Crippen molar-refractivity contribution in [3.8, 4) is 0 Å². The van der Waals surface area contributed by atoms with Gasteiger partial charge in [0, 0.05) is 29.0 Å². The highest BCUT2D eigenvalue weighted by molar-refractivity contribution is 7.99. The van der Waals surface area contributed by atoms with Gasteiger partial charge in [-0.3, -0.25) is 4.79 Å². The number of hydrogen-bond donors (Lipinski definition) is 0. The van der Waals surface area contributed by atoms with Crippen molar-refractivity contribution in [2.24, 2.45) is 0 Å². The predicted octanol–water partition coefficient (Wildman–Crippen LogP) is 6.61. The highest BCUT2D eigenvalue weighted by Gasteiger charge is 2.38. The van der Waals surface area contributed by atoms with Gasteiger partial charge >= 0.3 is 18.2 Å². The maximum atomic E-state index is 14.1. The summed E-state index contributed by atoms with van der Waals surface area (Å²) in [5.74, 6) is -1.18. The molecule has 2 aromatic carbocycles. The van der Waals surface area contributed by atoms with Crippen molar-refractivity contribution in [3.63, 3.8) is 0 Å². The van der Waals surface area contributed by atoms with Crippen molar-refractivity contribution in [1.82, 2.24) is 9.80 Å². The van der Waals surface area contributed by atoms with Crippen molar-refractivity contribution in [2.75, 3.05) is 26.7 Å². The minimum atomic E-state index is -4.61. The first-order chi connectivity index (χ1) is 19.1. The van der Waals surface area contributed by atoms with E-state index in [0.29, 0.717) is 0 Å². The lowest BCUT2D eigenvalue weighted by Gasteiger charge is -2.39. The Morgan fingerprint density at radius 2 is 1.71 bits per heavy atom. The van der Waals surface area contributed by atoms with E-state index in [4.69, 9.17) is 9.47 Å². The van der Waals surface area contributed by atoms with Crippen molar-refractivity contribution in [2.45, 2.75) is 68.1 Å². The molecule has 1 heterocycles. The molecule has 0 aliphatic carbocycles. The summed E-state index contributed by atoms with van der Waals surface area (Å²) in [6.45, 7) is 9.11. The molecular weight excluding hydrogens is 557 g/mol. The number of amides is 2. The van der Waals surface area contributed by atoms with Gasteiger partial charge in [0.25, 0.3) is 0 Å². The Labute approximate surface area is 242 Å². The lowest BCUT2D eigenvalue weighted by molar-refractivity contribution is -0.154. The summed E-state index contributed by atoms with van der Waals surface area (Å²) in [5, 5.41) is 0. The van der Waals surface area contributed by atoms with Gasteiger partial charge in [-0.2, -0.15) is 13.2 Å². The van der Waals surface area contributed by atoms with Crippen LogP contribution in [0.3, 0.4) is 0 Å². The van der Waals surface area contributed by atoms with Crippen LogP contribution in [0, 0.1) is 0 Å². The summed E-state index contributed by atoms with van der Waals surface area (Å²) >= 11 is 1.05. The molecule has 1 unspecified atom stereocenters. The van der Waals surface area contributed by atoms with Gasteiger partial charge in [-0.25, -0.2) is 9.59 Å². The van der Waals surface area contributed by atoms with Gasteiger partial charge in [0.05, 0.1) is 19.2 Å². The largest absolute Gasteiger partial charge is 0.467 e. The number of ether oxygens (including phenoxy) is 2. The van der Waals surface area contributed by atoms with Crippen LogP contribution in [0.15, 0.2) is 58.3 Å². The minimum Gasteiger partial charge on any atom is -0.467 e. The number of hydrogen-bond acceptors (Lipinski definition) is 6. The Hall–Kier alpha value is -3.47. The molecule has 11 heteroatoms. The number of methoxy groups -OCH3 is 1. The van der Waals surface area contributed by atoms with Crippen LogP contribution in [0.5, 0.6) is 0 Å². The highest BCUT2D eigenvalue weighted by atomic mass is 32.2. The second-order valence-corrected chi connectivity index (χ2v) is 12.0. The van der Waals surface area contributed by atoms with Crippen LogP contribution >= 0.6 is 11.8 Å². The molecule has 2 amide bonds. The SMILES string of the molecule is COC(=O)C1CN(C(=O)OC(C)(C)C)CCN1C(=O)C=Cc1ccc(Sc2ccccc2C(C)C)c(C(F)(F)F)c1. The van der Waals surface area contributed by atoms with Crippen LogP contribution in [0.25, 0.3) is 6.08 Å². The quantitative estimate of drug-likeness (QED) is 0.278. The Kier molecular flexibility index (Phi) is 10.2. The average molecular weight is 593 g/mol. The molecule has 41 heavy (non-hydrogen) atoms. The van der Waals surface area contributed by atoms with E-state index in [0.717, 1.165) is 34.4 Å². The molecule has 1 aliphatic heterocycles. The summed E-state index contributed by atoms with van der Waals surface area (Å²) in [6.07, 6.45) is -2.84. The van der Waals surface area contributed by atoms with Crippen LogP contribution in [-0.2, 0) is 25.2 Å². The fraction of sp³-hybridized carbons (Fsp3) is 0.433. The molecule has 0 spiro atoms. The van der Waals surface area contributed by atoms with Crippen LogP contribution in [0.2, 0.25) is 0 Å². The fourth-order valence-electron chi connectivity index (χ4n) is 4.27. The zero-order valence-electron chi connectivity index (χ0n) is 23.9. The average Bonchev–Trinajstić information content (AvgIpc) is 2.90. The standard InChI is InChI=1S/C30H35F3N2O5S/c1-19(2)21-9-7-8-10-24(21)41-25-13-11-20(17-22(25)30(31,32)33)12-14-26(36)35-16-15-34(18-23(35)27(37)39-6)28(38)40-29(3,4)5/h7-14,17,19,23H,15-16,18H2,1-6H3. The maximum absolute atomic E-state index is 14.1. The molecule has 1 atom stereocenters. The second-order valence-electron chi connectivity index (χ2n) is 10.9. The van der Waals surface area contributed by atoms with Crippen molar-refractivity contribution in [3.05, 3.63) is 65.2 Å². The summed E-state index contributed by atoms with van der Waals surface area (Å²) < 4.78 is 52.4. The normalized spacial score (nSPS) is 16.3. The van der Waals surface area contributed by atoms with Crippen LogP contribution < -0.4 is 0 Å². The minimum absolute atomic E-state index is 0.0147. The van der Waals surface area contributed by atoms with Gasteiger partial charge in [-0.1, -0.05) is 49.9 Å². The zero-order chi connectivity index (χ0) is 30.5. The van der Waals surface area contributed by atoms with E-state index in [1.54, 1.807) is 32.9 Å². The van der Waals surface area contributed by atoms with Crippen molar-refractivity contribution < 1.29 is 37.0 Å². The Bertz CT molecular complexity index is 1300. The summed E-state index contributed by atoms with van der Waals surface area (Å²) in [6, 6.07) is 10.2. The third-order valence-corrected chi connectivity index (χ3v) is 7.44. The molecule has 7 nitrogen and oxygen atoms in total. The van der Waals surface area contributed by atoms with E-state index < -0.39 is 41.4 Å². The first-order valence-electron chi connectivity index (χ1n) is 13.1. The van der Waals surface area contributed by atoms with Crippen LogP contribution in [-0.4, -0.2) is 66.2 Å². The molecule has 0 saturated carbocycles. The van der Waals surface area contributed by atoms with Gasteiger partial charge in [-0.15, -0.1) is 0 Å².